The van der Waals surface area contributed by atoms with E-state index in [1.807, 2.05) is 18.2 Å². The number of rotatable bonds is 6. The Labute approximate surface area is 124 Å². The number of hydrogen-bond acceptors (Lipinski definition) is 4. The SMILES string of the molecule is COCCNC(=NCc1ccc2c(c1)OCO2)NC1CC1. The van der Waals surface area contributed by atoms with Crippen LogP contribution in [0.4, 0.5) is 0 Å². The van der Waals surface area contributed by atoms with Gasteiger partial charge in [0.05, 0.1) is 13.2 Å². The van der Waals surface area contributed by atoms with Crippen LogP contribution in [0.15, 0.2) is 23.2 Å². The van der Waals surface area contributed by atoms with E-state index in [4.69, 9.17) is 14.2 Å². The summed E-state index contributed by atoms with van der Waals surface area (Å²) in [5.41, 5.74) is 1.10. The highest BCUT2D eigenvalue weighted by atomic mass is 16.7. The maximum atomic E-state index is 5.38. The molecule has 0 aromatic heterocycles. The number of aliphatic imine (C=N–C) groups is 1. The maximum Gasteiger partial charge on any atom is 0.231 e. The van der Waals surface area contributed by atoms with Gasteiger partial charge in [-0.1, -0.05) is 6.07 Å². The number of ether oxygens (including phenoxy) is 3. The molecule has 6 heteroatoms. The maximum absolute atomic E-state index is 5.38. The Morgan fingerprint density at radius 1 is 1.33 bits per heavy atom. The summed E-state index contributed by atoms with van der Waals surface area (Å²) in [6.45, 7) is 2.31. The van der Waals surface area contributed by atoms with Gasteiger partial charge < -0.3 is 24.8 Å². The molecule has 0 radical (unpaired) electrons. The van der Waals surface area contributed by atoms with Crippen molar-refractivity contribution < 1.29 is 14.2 Å². The Morgan fingerprint density at radius 2 is 2.19 bits per heavy atom. The van der Waals surface area contributed by atoms with Crippen LogP contribution in [0.3, 0.4) is 0 Å². The number of fused-ring (bicyclic) bond motifs is 1. The van der Waals surface area contributed by atoms with Crippen molar-refractivity contribution in [1.82, 2.24) is 10.6 Å². The van der Waals surface area contributed by atoms with Gasteiger partial charge in [-0.05, 0) is 30.5 Å². The van der Waals surface area contributed by atoms with Gasteiger partial charge in [0, 0.05) is 19.7 Å². The molecular weight excluding hydrogens is 270 g/mol. The zero-order valence-corrected chi connectivity index (χ0v) is 12.2. The number of benzene rings is 1. The quantitative estimate of drug-likeness (QED) is 0.469. The van der Waals surface area contributed by atoms with E-state index in [2.05, 4.69) is 15.6 Å². The van der Waals surface area contributed by atoms with Crippen LogP contribution in [0, 0.1) is 0 Å². The van der Waals surface area contributed by atoms with Gasteiger partial charge in [-0.15, -0.1) is 0 Å². The molecule has 1 aromatic rings. The number of guanidine groups is 1. The van der Waals surface area contributed by atoms with E-state index in [1.165, 1.54) is 12.8 Å². The molecule has 21 heavy (non-hydrogen) atoms. The van der Waals surface area contributed by atoms with Crippen molar-refractivity contribution in [1.29, 1.82) is 0 Å². The number of nitrogens with zero attached hydrogens (tertiary/aromatic N) is 1. The molecule has 114 valence electrons. The number of nitrogens with one attached hydrogen (secondary N) is 2. The van der Waals surface area contributed by atoms with E-state index in [1.54, 1.807) is 7.11 Å². The van der Waals surface area contributed by atoms with Crippen LogP contribution in [-0.2, 0) is 11.3 Å². The Kier molecular flexibility index (Phi) is 4.45. The molecule has 1 heterocycles. The standard InChI is InChI=1S/C15H21N3O3/c1-19-7-6-16-15(18-12-3-4-12)17-9-11-2-5-13-14(8-11)21-10-20-13/h2,5,8,12H,3-4,6-7,9-10H2,1H3,(H2,16,17,18). The summed E-state index contributed by atoms with van der Waals surface area (Å²) < 4.78 is 15.7. The predicted molar refractivity (Wildman–Crippen MR) is 79.7 cm³/mol. The lowest BCUT2D eigenvalue weighted by atomic mass is 10.2. The van der Waals surface area contributed by atoms with Crippen molar-refractivity contribution in [2.24, 2.45) is 4.99 Å². The molecule has 0 atom stereocenters. The fourth-order valence-corrected chi connectivity index (χ4v) is 2.05. The molecule has 3 rings (SSSR count). The minimum atomic E-state index is 0.301. The summed E-state index contributed by atoms with van der Waals surface area (Å²) in [7, 11) is 1.69. The molecule has 1 aliphatic heterocycles. The zero-order valence-electron chi connectivity index (χ0n) is 12.2. The Bertz CT molecular complexity index is 515. The fraction of sp³-hybridized carbons (Fsp3) is 0.533. The highest BCUT2D eigenvalue weighted by molar-refractivity contribution is 5.80. The van der Waals surface area contributed by atoms with Crippen molar-refractivity contribution >= 4 is 5.96 Å². The van der Waals surface area contributed by atoms with Crippen LogP contribution in [0.25, 0.3) is 0 Å². The summed E-state index contributed by atoms with van der Waals surface area (Å²) in [5.74, 6) is 2.44. The molecule has 1 aromatic carbocycles. The summed E-state index contributed by atoms with van der Waals surface area (Å²) >= 11 is 0. The molecule has 0 amide bonds. The second-order valence-electron chi connectivity index (χ2n) is 5.19. The third-order valence-corrected chi connectivity index (χ3v) is 3.37. The molecule has 1 aliphatic carbocycles. The first kappa shape index (κ1) is 14.0. The van der Waals surface area contributed by atoms with Gasteiger partial charge in [-0.2, -0.15) is 0 Å². The second-order valence-corrected chi connectivity index (χ2v) is 5.19. The first-order valence-electron chi connectivity index (χ1n) is 7.27. The average Bonchev–Trinajstić information content (AvgIpc) is 3.19. The first-order chi connectivity index (χ1) is 10.3. The normalized spacial score (nSPS) is 16.9. The highest BCUT2D eigenvalue weighted by Crippen LogP contribution is 2.32. The summed E-state index contributed by atoms with van der Waals surface area (Å²) in [4.78, 5) is 4.61. The summed E-state index contributed by atoms with van der Waals surface area (Å²) in [6, 6.07) is 6.49. The van der Waals surface area contributed by atoms with E-state index in [-0.39, 0.29) is 0 Å². The Morgan fingerprint density at radius 3 is 3.00 bits per heavy atom. The first-order valence-corrected chi connectivity index (χ1v) is 7.27. The van der Waals surface area contributed by atoms with Crippen LogP contribution >= 0.6 is 0 Å². The monoisotopic (exact) mass is 291 g/mol. The molecule has 0 unspecified atom stereocenters. The molecule has 1 saturated carbocycles. The molecular formula is C15H21N3O3. The Hall–Kier alpha value is -1.95. The predicted octanol–water partition coefficient (Wildman–Crippen LogP) is 1.26. The zero-order chi connectivity index (χ0) is 14.5. The van der Waals surface area contributed by atoms with Crippen LogP contribution in [0.2, 0.25) is 0 Å². The lowest BCUT2D eigenvalue weighted by Gasteiger charge is -2.11. The van der Waals surface area contributed by atoms with E-state index in [0.29, 0.717) is 26.0 Å². The van der Waals surface area contributed by atoms with E-state index in [0.717, 1.165) is 29.6 Å². The van der Waals surface area contributed by atoms with Gasteiger partial charge in [0.25, 0.3) is 0 Å². The smallest absolute Gasteiger partial charge is 0.231 e. The lowest BCUT2D eigenvalue weighted by molar-refractivity contribution is 0.174. The third-order valence-electron chi connectivity index (χ3n) is 3.37. The van der Waals surface area contributed by atoms with E-state index >= 15 is 0 Å². The van der Waals surface area contributed by atoms with Crippen LogP contribution < -0.4 is 20.1 Å². The second kappa shape index (κ2) is 6.67. The van der Waals surface area contributed by atoms with Gasteiger partial charge in [0.2, 0.25) is 6.79 Å². The summed E-state index contributed by atoms with van der Waals surface area (Å²) in [6.07, 6.45) is 2.43. The van der Waals surface area contributed by atoms with Gasteiger partial charge in [-0.3, -0.25) is 0 Å². The van der Waals surface area contributed by atoms with Gasteiger partial charge in [0.1, 0.15) is 0 Å². The van der Waals surface area contributed by atoms with Crippen molar-refractivity contribution in [3.8, 4) is 11.5 Å². The van der Waals surface area contributed by atoms with Crippen LogP contribution in [0.5, 0.6) is 11.5 Å². The number of methoxy groups -OCH3 is 1. The van der Waals surface area contributed by atoms with Crippen molar-refractivity contribution in [3.63, 3.8) is 0 Å². The van der Waals surface area contributed by atoms with Crippen molar-refractivity contribution in [3.05, 3.63) is 23.8 Å². The minimum Gasteiger partial charge on any atom is -0.454 e. The summed E-state index contributed by atoms with van der Waals surface area (Å²) in [5, 5.41) is 6.67. The van der Waals surface area contributed by atoms with Crippen LogP contribution in [-0.4, -0.2) is 39.1 Å². The molecule has 2 aliphatic rings. The fourth-order valence-electron chi connectivity index (χ4n) is 2.05. The van der Waals surface area contributed by atoms with E-state index in [9.17, 15) is 0 Å². The molecule has 2 N–H and O–H groups in total. The third kappa shape index (κ3) is 4.01. The number of hydrogen-bond donors (Lipinski definition) is 2. The topological polar surface area (TPSA) is 64.1 Å². The molecule has 0 saturated heterocycles. The lowest BCUT2D eigenvalue weighted by Crippen LogP contribution is -2.40. The Balaban J connectivity index is 1.59. The van der Waals surface area contributed by atoms with Gasteiger partial charge >= 0.3 is 0 Å². The molecule has 1 fully saturated rings. The molecule has 6 nitrogen and oxygen atoms in total. The van der Waals surface area contributed by atoms with E-state index < -0.39 is 0 Å². The van der Waals surface area contributed by atoms with Gasteiger partial charge in [0.15, 0.2) is 17.5 Å². The minimum absolute atomic E-state index is 0.301. The van der Waals surface area contributed by atoms with Crippen molar-refractivity contribution in [2.45, 2.75) is 25.4 Å². The average molecular weight is 291 g/mol. The molecule has 0 bridgehead atoms. The van der Waals surface area contributed by atoms with Gasteiger partial charge in [-0.25, -0.2) is 4.99 Å². The van der Waals surface area contributed by atoms with Crippen molar-refractivity contribution in [2.75, 3.05) is 27.1 Å². The highest BCUT2D eigenvalue weighted by Gasteiger charge is 2.22. The largest absolute Gasteiger partial charge is 0.454 e. The molecule has 0 spiro atoms. The van der Waals surface area contributed by atoms with Crippen LogP contribution in [0.1, 0.15) is 18.4 Å².